The van der Waals surface area contributed by atoms with Crippen molar-refractivity contribution in [1.82, 2.24) is 14.6 Å². The summed E-state index contributed by atoms with van der Waals surface area (Å²) in [4.78, 5) is 4.69. The Morgan fingerprint density at radius 2 is 2.04 bits per heavy atom. The molecule has 2 heterocycles. The average Bonchev–Trinajstić information content (AvgIpc) is 2.98. The SMILES string of the molecule is CCC(C)Nc1cc(C)nc2c(-c3ccccc3OC)cnn12. The number of fused-ring (bicyclic) bond motifs is 1. The maximum Gasteiger partial charge on any atom is 0.165 e. The molecule has 5 heteroatoms. The largest absolute Gasteiger partial charge is 0.496 e. The van der Waals surface area contributed by atoms with E-state index >= 15 is 0 Å². The molecule has 3 rings (SSSR count). The van der Waals surface area contributed by atoms with E-state index in [1.165, 1.54) is 0 Å². The summed E-state index contributed by atoms with van der Waals surface area (Å²) in [6, 6.07) is 10.3. The quantitative estimate of drug-likeness (QED) is 0.776. The summed E-state index contributed by atoms with van der Waals surface area (Å²) in [7, 11) is 1.68. The van der Waals surface area contributed by atoms with Crippen molar-refractivity contribution in [1.29, 1.82) is 0 Å². The number of methoxy groups -OCH3 is 1. The second kappa shape index (κ2) is 6.28. The lowest BCUT2D eigenvalue weighted by atomic mass is 10.1. The fourth-order valence-electron chi connectivity index (χ4n) is 2.60. The number of anilines is 1. The molecule has 120 valence electrons. The molecule has 0 amide bonds. The molecule has 1 atom stereocenters. The summed E-state index contributed by atoms with van der Waals surface area (Å²) in [6.45, 7) is 6.32. The van der Waals surface area contributed by atoms with E-state index in [0.717, 1.165) is 40.5 Å². The molecule has 0 radical (unpaired) electrons. The highest BCUT2D eigenvalue weighted by Gasteiger charge is 2.15. The van der Waals surface area contributed by atoms with E-state index in [2.05, 4.69) is 29.2 Å². The average molecular weight is 310 g/mol. The third-order valence-corrected chi connectivity index (χ3v) is 4.00. The van der Waals surface area contributed by atoms with E-state index in [-0.39, 0.29) is 0 Å². The Labute approximate surface area is 136 Å². The van der Waals surface area contributed by atoms with Crippen LogP contribution in [-0.4, -0.2) is 27.7 Å². The fraction of sp³-hybridized carbons (Fsp3) is 0.333. The molecule has 1 N–H and O–H groups in total. The van der Waals surface area contributed by atoms with Crippen LogP contribution in [0.3, 0.4) is 0 Å². The Bertz CT molecular complexity index is 825. The highest BCUT2D eigenvalue weighted by Crippen LogP contribution is 2.32. The number of para-hydroxylation sites is 1. The van der Waals surface area contributed by atoms with Gasteiger partial charge in [-0.3, -0.25) is 0 Å². The van der Waals surface area contributed by atoms with Crippen molar-refractivity contribution in [3.8, 4) is 16.9 Å². The van der Waals surface area contributed by atoms with Crippen LogP contribution in [0, 0.1) is 6.92 Å². The molecule has 0 spiro atoms. The first kappa shape index (κ1) is 15.3. The van der Waals surface area contributed by atoms with Gasteiger partial charge in [0.1, 0.15) is 11.6 Å². The monoisotopic (exact) mass is 310 g/mol. The number of hydrogen-bond acceptors (Lipinski definition) is 4. The second-order valence-corrected chi connectivity index (χ2v) is 5.73. The summed E-state index contributed by atoms with van der Waals surface area (Å²) in [5, 5.41) is 8.03. The Balaban J connectivity index is 2.17. The zero-order valence-corrected chi connectivity index (χ0v) is 14.0. The number of nitrogens with zero attached hydrogens (tertiary/aromatic N) is 3. The lowest BCUT2D eigenvalue weighted by molar-refractivity contribution is 0.416. The number of nitrogens with one attached hydrogen (secondary N) is 1. The smallest absolute Gasteiger partial charge is 0.165 e. The van der Waals surface area contributed by atoms with Gasteiger partial charge in [-0.25, -0.2) is 4.98 Å². The first-order valence-corrected chi connectivity index (χ1v) is 7.89. The van der Waals surface area contributed by atoms with Gasteiger partial charge < -0.3 is 10.1 Å². The molecule has 3 aromatic rings. The Hall–Kier alpha value is -2.56. The molecule has 0 saturated carbocycles. The number of aryl methyl sites for hydroxylation is 1. The van der Waals surface area contributed by atoms with Gasteiger partial charge in [0, 0.05) is 23.4 Å². The predicted molar refractivity (Wildman–Crippen MR) is 93.1 cm³/mol. The molecule has 23 heavy (non-hydrogen) atoms. The summed E-state index contributed by atoms with van der Waals surface area (Å²) >= 11 is 0. The van der Waals surface area contributed by atoms with Gasteiger partial charge in [0.05, 0.1) is 18.9 Å². The second-order valence-electron chi connectivity index (χ2n) is 5.73. The summed E-state index contributed by atoms with van der Waals surface area (Å²) in [6.07, 6.45) is 2.89. The van der Waals surface area contributed by atoms with Gasteiger partial charge in [0.15, 0.2) is 5.65 Å². The molecule has 0 fully saturated rings. The molecule has 1 unspecified atom stereocenters. The highest BCUT2D eigenvalue weighted by atomic mass is 16.5. The van der Waals surface area contributed by atoms with Crippen LogP contribution in [0.15, 0.2) is 36.5 Å². The van der Waals surface area contributed by atoms with Gasteiger partial charge in [0.2, 0.25) is 0 Å². The number of aromatic nitrogens is 3. The number of hydrogen-bond donors (Lipinski definition) is 1. The van der Waals surface area contributed by atoms with Gasteiger partial charge in [-0.15, -0.1) is 0 Å². The van der Waals surface area contributed by atoms with Gasteiger partial charge >= 0.3 is 0 Å². The molecule has 0 aliphatic rings. The molecular weight excluding hydrogens is 288 g/mol. The van der Waals surface area contributed by atoms with E-state index in [9.17, 15) is 0 Å². The zero-order valence-electron chi connectivity index (χ0n) is 14.0. The van der Waals surface area contributed by atoms with E-state index < -0.39 is 0 Å². The Kier molecular flexibility index (Phi) is 4.19. The van der Waals surface area contributed by atoms with Crippen LogP contribution >= 0.6 is 0 Å². The van der Waals surface area contributed by atoms with Gasteiger partial charge in [-0.2, -0.15) is 9.61 Å². The maximum absolute atomic E-state index is 5.48. The topological polar surface area (TPSA) is 51.5 Å². The predicted octanol–water partition coefficient (Wildman–Crippen LogP) is 3.92. The highest BCUT2D eigenvalue weighted by molar-refractivity contribution is 5.82. The van der Waals surface area contributed by atoms with Gasteiger partial charge in [0.25, 0.3) is 0 Å². The van der Waals surface area contributed by atoms with Gasteiger partial charge in [-0.05, 0) is 26.3 Å². The Morgan fingerprint density at radius 3 is 2.78 bits per heavy atom. The first-order chi connectivity index (χ1) is 11.1. The van der Waals surface area contributed by atoms with Crippen LogP contribution in [0.5, 0.6) is 5.75 Å². The van der Waals surface area contributed by atoms with Crippen LogP contribution in [-0.2, 0) is 0 Å². The molecule has 0 aliphatic heterocycles. The van der Waals surface area contributed by atoms with Crippen LogP contribution in [0.25, 0.3) is 16.8 Å². The van der Waals surface area contributed by atoms with E-state index in [1.54, 1.807) is 7.11 Å². The maximum atomic E-state index is 5.48. The van der Waals surface area contributed by atoms with Crippen LogP contribution < -0.4 is 10.1 Å². The van der Waals surface area contributed by atoms with Crippen molar-refractivity contribution in [2.45, 2.75) is 33.2 Å². The lowest BCUT2D eigenvalue weighted by Gasteiger charge is -2.14. The van der Waals surface area contributed by atoms with Crippen LogP contribution in [0.2, 0.25) is 0 Å². The molecular formula is C18H22N4O. The van der Waals surface area contributed by atoms with E-state index in [4.69, 9.17) is 4.74 Å². The van der Waals surface area contributed by atoms with Crippen molar-refractivity contribution < 1.29 is 4.74 Å². The molecule has 2 aromatic heterocycles. The zero-order chi connectivity index (χ0) is 16.4. The minimum Gasteiger partial charge on any atom is -0.496 e. The fourth-order valence-corrected chi connectivity index (χ4v) is 2.60. The minimum atomic E-state index is 0.374. The Morgan fingerprint density at radius 1 is 1.26 bits per heavy atom. The number of rotatable bonds is 5. The summed E-state index contributed by atoms with van der Waals surface area (Å²) < 4.78 is 7.34. The minimum absolute atomic E-state index is 0.374. The molecule has 0 aliphatic carbocycles. The van der Waals surface area contributed by atoms with E-state index in [1.807, 2.05) is 48.0 Å². The van der Waals surface area contributed by atoms with Crippen molar-refractivity contribution in [2.24, 2.45) is 0 Å². The van der Waals surface area contributed by atoms with Crippen LogP contribution in [0.4, 0.5) is 5.82 Å². The van der Waals surface area contributed by atoms with Crippen molar-refractivity contribution >= 4 is 11.5 Å². The summed E-state index contributed by atoms with van der Waals surface area (Å²) in [5.74, 6) is 1.78. The molecule has 1 aromatic carbocycles. The molecule has 0 saturated heterocycles. The third kappa shape index (κ3) is 2.86. The van der Waals surface area contributed by atoms with Crippen molar-refractivity contribution in [2.75, 3.05) is 12.4 Å². The van der Waals surface area contributed by atoms with Crippen molar-refractivity contribution in [3.63, 3.8) is 0 Å². The van der Waals surface area contributed by atoms with E-state index in [0.29, 0.717) is 6.04 Å². The van der Waals surface area contributed by atoms with Crippen LogP contribution in [0.1, 0.15) is 26.0 Å². The molecule has 5 nitrogen and oxygen atoms in total. The molecule has 0 bridgehead atoms. The summed E-state index contributed by atoms with van der Waals surface area (Å²) in [5.41, 5.74) is 3.76. The van der Waals surface area contributed by atoms with Gasteiger partial charge in [-0.1, -0.05) is 25.1 Å². The third-order valence-electron chi connectivity index (χ3n) is 4.00. The number of benzene rings is 1. The lowest BCUT2D eigenvalue weighted by Crippen LogP contribution is -2.16. The first-order valence-electron chi connectivity index (χ1n) is 7.89. The standard InChI is InChI=1S/C18H22N4O/c1-5-12(2)20-17-10-13(3)21-18-15(11-19-22(17)18)14-8-6-7-9-16(14)23-4/h6-12,20H,5H2,1-4H3. The normalized spacial score (nSPS) is 12.3. The number of ether oxygens (including phenoxy) is 1. The van der Waals surface area contributed by atoms with Crippen molar-refractivity contribution in [3.05, 3.63) is 42.2 Å².